The molecule has 2 saturated heterocycles. The zero-order valence-electron chi connectivity index (χ0n) is 31.9. The lowest BCUT2D eigenvalue weighted by Crippen LogP contribution is -2.35. The zero-order valence-corrected chi connectivity index (χ0v) is 36.8. The maximum atomic E-state index is 13.6. The van der Waals surface area contributed by atoms with Crippen LogP contribution in [0.15, 0.2) is 82.4 Å². The van der Waals surface area contributed by atoms with Crippen LogP contribution in [0.3, 0.4) is 0 Å². The fraction of sp³-hybridized carbons (Fsp3) is 0.171. The summed E-state index contributed by atoms with van der Waals surface area (Å²) in [6.45, 7) is 5.04. The number of hydrogen-bond donors (Lipinski definition) is 2. The molecule has 13 nitrogen and oxygen atoms in total. The van der Waals surface area contributed by atoms with Gasteiger partial charge in [0, 0.05) is 30.2 Å². The molecular formula is C41H33N5O8S6. The Hall–Kier alpha value is -5.44. The van der Waals surface area contributed by atoms with Gasteiger partial charge >= 0.3 is 11.9 Å². The molecule has 0 saturated carbocycles. The second kappa shape index (κ2) is 17.6. The third-order valence-corrected chi connectivity index (χ3v) is 14.7. The predicted molar refractivity (Wildman–Crippen MR) is 246 cm³/mol. The van der Waals surface area contributed by atoms with Gasteiger partial charge in [-0.3, -0.25) is 47.7 Å². The highest BCUT2D eigenvalue weighted by atomic mass is 32.2. The lowest BCUT2D eigenvalue weighted by atomic mass is 10.1. The number of aliphatic carboxylic acids is 2. The highest BCUT2D eigenvalue weighted by molar-refractivity contribution is 8.30. The van der Waals surface area contributed by atoms with Gasteiger partial charge in [-0.2, -0.15) is 0 Å². The summed E-state index contributed by atoms with van der Waals surface area (Å²) in [6.07, 6.45) is 3.32. The van der Waals surface area contributed by atoms with Gasteiger partial charge in [0.25, 0.3) is 22.9 Å². The van der Waals surface area contributed by atoms with E-state index < -0.39 is 36.1 Å². The molecule has 4 heterocycles. The minimum absolute atomic E-state index is 0.222. The molecule has 0 bridgehead atoms. The molecule has 7 rings (SSSR count). The van der Waals surface area contributed by atoms with Crippen molar-refractivity contribution in [2.24, 2.45) is 0 Å². The number of thioether (sulfide) groups is 2. The van der Waals surface area contributed by atoms with Crippen LogP contribution in [0, 0.1) is 6.92 Å². The number of aryl methyl sites for hydroxylation is 1. The molecule has 2 fully saturated rings. The Bertz CT molecular complexity index is 2820. The number of hydrogen-bond acceptors (Lipinski definition) is 13. The molecule has 0 atom stereocenters. The number of rotatable bonds is 11. The van der Waals surface area contributed by atoms with E-state index in [4.69, 9.17) is 24.4 Å². The first-order valence-electron chi connectivity index (χ1n) is 18.2. The van der Waals surface area contributed by atoms with E-state index in [1.807, 2.05) is 84.6 Å². The molecule has 306 valence electrons. The summed E-state index contributed by atoms with van der Waals surface area (Å²) >= 11 is 14.9. The van der Waals surface area contributed by atoms with Crippen LogP contribution in [-0.2, 0) is 32.3 Å². The molecule has 2 aliphatic rings. The third kappa shape index (κ3) is 8.45. The zero-order chi connectivity index (χ0) is 43.0. The van der Waals surface area contributed by atoms with E-state index in [0.717, 1.165) is 78.0 Å². The van der Waals surface area contributed by atoms with Crippen molar-refractivity contribution in [3.8, 4) is 0 Å². The molecule has 60 heavy (non-hydrogen) atoms. The lowest BCUT2D eigenvalue weighted by Gasteiger charge is -2.26. The Kier molecular flexibility index (Phi) is 12.6. The van der Waals surface area contributed by atoms with E-state index in [0.29, 0.717) is 32.9 Å². The molecule has 2 aliphatic heterocycles. The average molecular weight is 916 g/mol. The summed E-state index contributed by atoms with van der Waals surface area (Å²) in [5.41, 5.74) is 3.78. The van der Waals surface area contributed by atoms with Crippen LogP contribution in [0.1, 0.15) is 30.5 Å². The Balaban J connectivity index is 1.26. The monoisotopic (exact) mass is 915 g/mol. The van der Waals surface area contributed by atoms with Gasteiger partial charge in [0.05, 0.1) is 9.06 Å². The van der Waals surface area contributed by atoms with Crippen molar-refractivity contribution in [3.63, 3.8) is 0 Å². The molecule has 19 heteroatoms. The Morgan fingerprint density at radius 2 is 0.967 bits per heavy atom. The van der Waals surface area contributed by atoms with Crippen molar-refractivity contribution in [3.05, 3.63) is 129 Å². The van der Waals surface area contributed by atoms with Crippen molar-refractivity contribution < 1.29 is 29.4 Å². The van der Waals surface area contributed by atoms with Crippen LogP contribution in [0.4, 0.5) is 17.1 Å². The van der Waals surface area contributed by atoms with Gasteiger partial charge < -0.3 is 15.1 Å². The van der Waals surface area contributed by atoms with Gasteiger partial charge in [-0.25, -0.2) is 0 Å². The summed E-state index contributed by atoms with van der Waals surface area (Å²) in [7, 11) is 0. The van der Waals surface area contributed by atoms with E-state index >= 15 is 0 Å². The Morgan fingerprint density at radius 1 is 0.617 bits per heavy atom. The number of carbonyl (C=O) groups excluding carboxylic acids is 2. The maximum absolute atomic E-state index is 13.6. The van der Waals surface area contributed by atoms with Crippen LogP contribution >= 0.6 is 70.6 Å². The SMILES string of the molecule is CCN1C(=O)C(=c2sc(=Cc3ccc(N(c4ccc(C)cc4)c4ccc(C=c5sc(=C6SC(=S)N(CC)C6=O)n(CC(=O)O)c5=O)cc4)cc3)c(=O)n2CC(=O)O)SC1=S. The van der Waals surface area contributed by atoms with Crippen molar-refractivity contribution >= 4 is 142 Å². The molecule has 2 N–H and O–H groups in total. The number of thiocarbonyl (C=S) groups is 2. The summed E-state index contributed by atoms with van der Waals surface area (Å²) in [5, 5.41) is 19.2. The average Bonchev–Trinajstić information content (AvgIpc) is 3.88. The van der Waals surface area contributed by atoms with Gasteiger partial charge in [0.15, 0.2) is 0 Å². The van der Waals surface area contributed by atoms with E-state index in [1.165, 1.54) is 9.80 Å². The number of carbonyl (C=O) groups is 4. The number of carboxylic acid groups (broad SMARTS) is 2. The van der Waals surface area contributed by atoms with Crippen molar-refractivity contribution in [1.82, 2.24) is 18.9 Å². The van der Waals surface area contributed by atoms with Gasteiger partial charge in [-0.15, -0.1) is 22.7 Å². The fourth-order valence-electron chi connectivity index (χ4n) is 6.42. The fourth-order valence-corrected chi connectivity index (χ4v) is 11.7. The van der Waals surface area contributed by atoms with Gasteiger partial charge in [0.1, 0.15) is 40.9 Å². The molecule has 0 spiro atoms. The molecule has 5 aromatic rings. The normalized spacial score (nSPS) is 16.8. The standard InChI is InChI=1S/C41H33N5O8S6/c1-4-42-36(53)32(59-40(42)55)38-44(20-30(47)48)34(51)28(57-38)18-23-8-14-26(15-9-23)46(25-12-6-22(3)7-13-25)27-16-10-24(11-17-27)19-29-35(52)45(21-31(49)50)39(58-29)33-37(54)43(5-2)41(56)60-33/h6-19H,4-5,20-21H2,1-3H3,(H,47,48)(H,49,50). The maximum Gasteiger partial charge on any atom is 0.323 e. The lowest BCUT2D eigenvalue weighted by molar-refractivity contribution is -0.138. The smallest absolute Gasteiger partial charge is 0.323 e. The number of amides is 2. The molecule has 0 aliphatic carbocycles. The largest absolute Gasteiger partial charge is 0.480 e. The van der Waals surface area contributed by atoms with Crippen molar-refractivity contribution in [2.75, 3.05) is 18.0 Å². The first-order chi connectivity index (χ1) is 28.7. The highest BCUT2D eigenvalue weighted by Crippen LogP contribution is 2.35. The molecule has 2 amide bonds. The number of nitrogens with zero attached hydrogens (tertiary/aromatic N) is 5. The van der Waals surface area contributed by atoms with Crippen LogP contribution in [0.2, 0.25) is 0 Å². The third-order valence-electron chi connectivity index (χ3n) is 9.31. The quantitative estimate of drug-likeness (QED) is 0.185. The van der Waals surface area contributed by atoms with E-state index in [1.54, 1.807) is 26.0 Å². The van der Waals surface area contributed by atoms with E-state index in [-0.39, 0.29) is 40.0 Å². The molecule has 0 radical (unpaired) electrons. The number of thiazole rings is 2. The minimum Gasteiger partial charge on any atom is -0.480 e. The number of aromatic nitrogens is 2. The first kappa shape index (κ1) is 42.7. The molecule has 0 unspecified atom stereocenters. The second-order valence-corrected chi connectivity index (χ2v) is 18.6. The summed E-state index contributed by atoms with van der Waals surface area (Å²) in [5.74, 6) is -3.17. The van der Waals surface area contributed by atoms with Gasteiger partial charge in [-0.1, -0.05) is 89.9 Å². The number of benzene rings is 3. The summed E-state index contributed by atoms with van der Waals surface area (Å²) < 4.78 is 3.89. The minimum atomic E-state index is -1.22. The number of anilines is 3. The molecule has 2 aromatic heterocycles. The van der Waals surface area contributed by atoms with Crippen molar-refractivity contribution in [2.45, 2.75) is 33.9 Å². The van der Waals surface area contributed by atoms with Crippen molar-refractivity contribution in [1.29, 1.82) is 0 Å². The Labute approximate surface area is 368 Å². The molecule has 3 aromatic carbocycles. The topological polar surface area (TPSA) is 162 Å². The van der Waals surface area contributed by atoms with E-state index in [2.05, 4.69) is 0 Å². The number of carboxylic acids is 2. The van der Waals surface area contributed by atoms with Gasteiger partial charge in [0.2, 0.25) is 0 Å². The van der Waals surface area contributed by atoms with Crippen LogP contribution < -0.4 is 34.4 Å². The van der Waals surface area contributed by atoms with E-state index in [9.17, 15) is 39.0 Å². The molecular weight excluding hydrogens is 883 g/mol. The predicted octanol–water partition coefficient (Wildman–Crippen LogP) is 3.71. The highest BCUT2D eigenvalue weighted by Gasteiger charge is 2.34. The van der Waals surface area contributed by atoms with Crippen LogP contribution in [-0.4, -0.2) is 74.6 Å². The summed E-state index contributed by atoms with van der Waals surface area (Å²) in [6, 6.07) is 22.9. The first-order valence-corrected chi connectivity index (χ1v) is 22.3. The summed E-state index contributed by atoms with van der Waals surface area (Å²) in [4.78, 5) is 82.2. The Morgan fingerprint density at radius 3 is 1.28 bits per heavy atom. The second-order valence-electron chi connectivity index (χ2n) is 13.2. The van der Waals surface area contributed by atoms with Gasteiger partial charge in [-0.05, 0) is 80.4 Å². The van der Waals surface area contributed by atoms with Crippen LogP contribution in [0.25, 0.3) is 22.0 Å². The van der Waals surface area contributed by atoms with Crippen LogP contribution in [0.5, 0.6) is 0 Å².